The number of rotatable bonds is 9. The molecule has 22 heavy (non-hydrogen) atoms. The van der Waals surface area contributed by atoms with Gasteiger partial charge < -0.3 is 0 Å². The molecule has 0 nitrogen and oxygen atoms in total. The summed E-state index contributed by atoms with van der Waals surface area (Å²) < 4.78 is 7.55. The van der Waals surface area contributed by atoms with Crippen molar-refractivity contribution in [2.24, 2.45) is 0 Å². The Kier molecular flexibility index (Phi) is 9.31. The normalized spacial score (nSPS) is 11.6. The van der Waals surface area contributed by atoms with Gasteiger partial charge in [-0.1, -0.05) is 0 Å². The van der Waals surface area contributed by atoms with Crippen LogP contribution in [0.2, 0.25) is 0 Å². The van der Waals surface area contributed by atoms with Crippen LogP contribution >= 0.6 is 0 Å². The topological polar surface area (TPSA) is 0 Å². The summed E-state index contributed by atoms with van der Waals surface area (Å²) in [4.78, 5) is 0. The molecule has 2 heteroatoms. The molecule has 2 aromatic carbocycles. The molecular formula is C20H24Te2. The number of benzene rings is 2. The Morgan fingerprint density at radius 2 is 1.45 bits per heavy atom. The molecule has 0 spiro atoms. The van der Waals surface area contributed by atoms with Crippen molar-refractivity contribution < 1.29 is 0 Å². The molecule has 0 heterocycles. The van der Waals surface area contributed by atoms with E-state index in [9.17, 15) is 0 Å². The van der Waals surface area contributed by atoms with Crippen molar-refractivity contribution in [1.29, 1.82) is 0 Å². The molecule has 0 saturated heterocycles. The third-order valence-electron chi connectivity index (χ3n) is 3.34. The average molecular weight is 520 g/mol. The second kappa shape index (κ2) is 11.3. The van der Waals surface area contributed by atoms with Crippen LogP contribution in [0.25, 0.3) is 0 Å². The monoisotopic (exact) mass is 524 g/mol. The van der Waals surface area contributed by atoms with Gasteiger partial charge in [-0.2, -0.15) is 0 Å². The van der Waals surface area contributed by atoms with Crippen molar-refractivity contribution in [2.75, 3.05) is 0 Å². The molecule has 0 amide bonds. The zero-order valence-electron chi connectivity index (χ0n) is 13.2. The Bertz CT molecular complexity index is 546. The molecule has 0 N–H and O–H groups in total. The van der Waals surface area contributed by atoms with E-state index in [2.05, 4.69) is 71.7 Å². The van der Waals surface area contributed by atoms with Gasteiger partial charge >= 0.3 is 157 Å². The fourth-order valence-corrected chi connectivity index (χ4v) is 8.51. The molecule has 0 aromatic heterocycles. The van der Waals surface area contributed by atoms with Gasteiger partial charge in [0.1, 0.15) is 0 Å². The molecule has 2 aromatic rings. The zero-order chi connectivity index (χ0) is 15.5. The van der Waals surface area contributed by atoms with Gasteiger partial charge in [0.15, 0.2) is 0 Å². The van der Waals surface area contributed by atoms with Crippen LogP contribution in [0.15, 0.2) is 68.4 Å². The van der Waals surface area contributed by atoms with Gasteiger partial charge in [-0.05, 0) is 0 Å². The first-order valence-electron chi connectivity index (χ1n) is 8.02. The SMILES string of the molecule is CCCCCC/C(=C/[Te]c1ccccc1)[Te]c1ccccc1. The Balaban J connectivity index is 1.97. The summed E-state index contributed by atoms with van der Waals surface area (Å²) in [5, 5.41) is 0. The van der Waals surface area contributed by atoms with E-state index in [4.69, 9.17) is 0 Å². The van der Waals surface area contributed by atoms with Gasteiger partial charge in [0, 0.05) is 0 Å². The maximum atomic E-state index is 2.64. The Labute approximate surface area is 155 Å². The predicted octanol–water partition coefficient (Wildman–Crippen LogP) is 3.86. The van der Waals surface area contributed by atoms with Gasteiger partial charge in [0.2, 0.25) is 0 Å². The van der Waals surface area contributed by atoms with Gasteiger partial charge in [-0.3, -0.25) is 0 Å². The second-order valence-corrected chi connectivity index (χ2v) is 11.4. The molecule has 116 valence electrons. The van der Waals surface area contributed by atoms with Gasteiger partial charge in [0.25, 0.3) is 0 Å². The van der Waals surface area contributed by atoms with Crippen molar-refractivity contribution in [3.05, 3.63) is 68.4 Å². The maximum absolute atomic E-state index is 2.64. The molecule has 0 bridgehead atoms. The van der Waals surface area contributed by atoms with Crippen LogP contribution in [0.1, 0.15) is 39.0 Å². The second-order valence-electron chi connectivity index (χ2n) is 5.24. The van der Waals surface area contributed by atoms with Crippen LogP contribution in [0.5, 0.6) is 0 Å². The Morgan fingerprint density at radius 3 is 2.09 bits per heavy atom. The molecule has 0 saturated carbocycles. The number of hydrogen-bond donors (Lipinski definition) is 0. The van der Waals surface area contributed by atoms with Crippen molar-refractivity contribution in [2.45, 2.75) is 39.0 Å². The Morgan fingerprint density at radius 1 is 0.818 bits per heavy atom. The third-order valence-corrected chi connectivity index (χ3v) is 10.6. The van der Waals surface area contributed by atoms with E-state index in [-0.39, 0.29) is 41.8 Å². The van der Waals surface area contributed by atoms with Crippen LogP contribution in [0, 0.1) is 0 Å². The standard InChI is InChI=1S/C20H24Te2/c1-2-3-4-7-16-20(22-19-14-10-6-11-15-19)17-21-18-12-8-5-9-13-18/h5-6,8-15,17H,2-4,7,16H2,1H3/b20-17-. The summed E-state index contributed by atoms with van der Waals surface area (Å²) in [5.74, 6) is 0. The molecule has 0 atom stereocenters. The van der Waals surface area contributed by atoms with Crippen LogP contribution in [-0.4, -0.2) is 41.8 Å². The third kappa shape index (κ3) is 7.35. The van der Waals surface area contributed by atoms with Crippen molar-refractivity contribution in [3.63, 3.8) is 0 Å². The first-order chi connectivity index (χ1) is 10.9. The van der Waals surface area contributed by atoms with E-state index in [1.54, 1.807) is 10.8 Å². The average Bonchev–Trinajstić information content (AvgIpc) is 2.58. The van der Waals surface area contributed by atoms with Crippen molar-refractivity contribution in [3.8, 4) is 0 Å². The van der Waals surface area contributed by atoms with Crippen LogP contribution in [0.3, 0.4) is 0 Å². The molecule has 0 aliphatic rings. The van der Waals surface area contributed by atoms with Crippen LogP contribution < -0.4 is 7.22 Å². The predicted molar refractivity (Wildman–Crippen MR) is 101 cm³/mol. The zero-order valence-corrected chi connectivity index (χ0v) is 17.9. The molecule has 0 aliphatic heterocycles. The minimum absolute atomic E-state index is 0.159. The summed E-state index contributed by atoms with van der Waals surface area (Å²) in [6.45, 7) is 2.29. The Hall–Kier alpha value is -0.241. The summed E-state index contributed by atoms with van der Waals surface area (Å²) in [6, 6.07) is 22.1. The fourth-order valence-electron chi connectivity index (χ4n) is 2.13. The summed E-state index contributed by atoms with van der Waals surface area (Å²) in [5.41, 5.74) is 0. The van der Waals surface area contributed by atoms with Gasteiger partial charge in [0.05, 0.1) is 0 Å². The van der Waals surface area contributed by atoms with E-state index < -0.39 is 0 Å². The molecular weight excluding hydrogens is 495 g/mol. The van der Waals surface area contributed by atoms with Gasteiger partial charge in [-0.15, -0.1) is 0 Å². The number of allylic oxidation sites excluding steroid dienone is 1. The van der Waals surface area contributed by atoms with Gasteiger partial charge in [-0.25, -0.2) is 0 Å². The summed E-state index contributed by atoms with van der Waals surface area (Å²) in [6.07, 6.45) is 6.80. The fraction of sp³-hybridized carbons (Fsp3) is 0.300. The van der Waals surface area contributed by atoms with Crippen molar-refractivity contribution >= 4 is 49.1 Å². The first-order valence-corrected chi connectivity index (χ1v) is 12.9. The van der Waals surface area contributed by atoms with E-state index in [1.807, 2.05) is 0 Å². The first kappa shape index (κ1) is 18.1. The van der Waals surface area contributed by atoms with E-state index >= 15 is 0 Å². The van der Waals surface area contributed by atoms with Crippen LogP contribution in [-0.2, 0) is 0 Å². The minimum atomic E-state index is -0.165. The molecule has 0 aliphatic carbocycles. The van der Waals surface area contributed by atoms with E-state index in [0.29, 0.717) is 0 Å². The molecule has 0 fully saturated rings. The van der Waals surface area contributed by atoms with Crippen LogP contribution in [0.4, 0.5) is 0 Å². The van der Waals surface area contributed by atoms with E-state index in [1.165, 1.54) is 32.1 Å². The number of hydrogen-bond acceptors (Lipinski definition) is 0. The quantitative estimate of drug-likeness (QED) is 0.349. The molecule has 0 radical (unpaired) electrons. The summed E-state index contributed by atoms with van der Waals surface area (Å²) >= 11 is -0.324. The number of unbranched alkanes of at least 4 members (excludes halogenated alkanes) is 3. The van der Waals surface area contributed by atoms with Crippen molar-refractivity contribution in [1.82, 2.24) is 0 Å². The molecule has 0 unspecified atom stereocenters. The molecule has 2 rings (SSSR count). The van der Waals surface area contributed by atoms with E-state index in [0.717, 1.165) is 0 Å². The summed E-state index contributed by atoms with van der Waals surface area (Å²) in [7, 11) is 0.